The van der Waals surface area contributed by atoms with Crippen LogP contribution < -0.4 is 0 Å². The molecule has 53 valence electrons. The SMILES string of the molecule is [CH2]c1cnc2cccnc2c1. The molecule has 0 aliphatic heterocycles. The predicted molar refractivity (Wildman–Crippen MR) is 44.0 cm³/mol. The van der Waals surface area contributed by atoms with E-state index in [0.29, 0.717) is 0 Å². The fourth-order valence-electron chi connectivity index (χ4n) is 0.995. The van der Waals surface area contributed by atoms with Crippen molar-refractivity contribution >= 4 is 11.0 Å². The summed E-state index contributed by atoms with van der Waals surface area (Å²) in [5.74, 6) is 0. The topological polar surface area (TPSA) is 25.8 Å². The van der Waals surface area contributed by atoms with Crippen LogP contribution in [0.4, 0.5) is 0 Å². The molecule has 0 amide bonds. The summed E-state index contributed by atoms with van der Waals surface area (Å²) in [7, 11) is 0. The van der Waals surface area contributed by atoms with Gasteiger partial charge in [-0.25, -0.2) is 0 Å². The Kier molecular flexibility index (Phi) is 1.32. The Morgan fingerprint density at radius 2 is 2.09 bits per heavy atom. The molecule has 0 saturated heterocycles. The Balaban J connectivity index is 2.83. The van der Waals surface area contributed by atoms with E-state index in [0.717, 1.165) is 16.6 Å². The van der Waals surface area contributed by atoms with Crippen LogP contribution in [0.15, 0.2) is 30.6 Å². The van der Waals surface area contributed by atoms with Crippen molar-refractivity contribution in [2.24, 2.45) is 0 Å². The lowest BCUT2D eigenvalue weighted by atomic mass is 10.2. The summed E-state index contributed by atoms with van der Waals surface area (Å²) in [6.45, 7) is 3.77. The molecular weight excluding hydrogens is 136 g/mol. The largest absolute Gasteiger partial charge is 0.255 e. The van der Waals surface area contributed by atoms with Gasteiger partial charge in [0.25, 0.3) is 0 Å². The molecule has 0 N–H and O–H groups in total. The van der Waals surface area contributed by atoms with Gasteiger partial charge in [0.2, 0.25) is 0 Å². The highest BCUT2D eigenvalue weighted by atomic mass is 14.7. The van der Waals surface area contributed by atoms with Crippen molar-refractivity contribution < 1.29 is 0 Å². The van der Waals surface area contributed by atoms with Crippen LogP contribution in [0.2, 0.25) is 0 Å². The third kappa shape index (κ3) is 1.07. The molecule has 2 heterocycles. The van der Waals surface area contributed by atoms with Gasteiger partial charge in [0, 0.05) is 12.4 Å². The van der Waals surface area contributed by atoms with Crippen LogP contribution in [0.3, 0.4) is 0 Å². The Morgan fingerprint density at radius 3 is 3.00 bits per heavy atom. The molecule has 0 fully saturated rings. The lowest BCUT2D eigenvalue weighted by molar-refractivity contribution is 1.32. The molecule has 2 aromatic rings. The molecule has 0 spiro atoms. The summed E-state index contributed by atoms with van der Waals surface area (Å²) in [6.07, 6.45) is 3.49. The minimum Gasteiger partial charge on any atom is -0.255 e. The highest BCUT2D eigenvalue weighted by Gasteiger charge is 1.92. The fourth-order valence-corrected chi connectivity index (χ4v) is 0.995. The van der Waals surface area contributed by atoms with E-state index in [1.807, 2.05) is 18.2 Å². The van der Waals surface area contributed by atoms with Crippen LogP contribution >= 0.6 is 0 Å². The van der Waals surface area contributed by atoms with Crippen LogP contribution in [0.5, 0.6) is 0 Å². The minimum absolute atomic E-state index is 0.899. The van der Waals surface area contributed by atoms with E-state index in [1.165, 1.54) is 0 Å². The number of hydrogen-bond acceptors (Lipinski definition) is 2. The van der Waals surface area contributed by atoms with Crippen LogP contribution in [-0.4, -0.2) is 9.97 Å². The highest BCUT2D eigenvalue weighted by molar-refractivity contribution is 5.74. The summed E-state index contributed by atoms with van der Waals surface area (Å²) < 4.78 is 0. The molecule has 0 saturated carbocycles. The van der Waals surface area contributed by atoms with Crippen LogP contribution in [-0.2, 0) is 0 Å². The number of nitrogens with zero attached hydrogens (tertiary/aromatic N) is 2. The number of aromatic nitrogens is 2. The smallest absolute Gasteiger partial charge is 0.0889 e. The van der Waals surface area contributed by atoms with Gasteiger partial charge in [-0.05, 0) is 30.7 Å². The lowest BCUT2D eigenvalue weighted by Gasteiger charge is -1.94. The molecule has 0 unspecified atom stereocenters. The van der Waals surface area contributed by atoms with Crippen molar-refractivity contribution in [1.82, 2.24) is 9.97 Å². The molecule has 11 heavy (non-hydrogen) atoms. The molecule has 2 aromatic heterocycles. The van der Waals surface area contributed by atoms with Gasteiger partial charge in [0.15, 0.2) is 0 Å². The van der Waals surface area contributed by atoms with E-state index >= 15 is 0 Å². The minimum atomic E-state index is 0.899. The summed E-state index contributed by atoms with van der Waals surface area (Å²) in [5, 5.41) is 0. The van der Waals surface area contributed by atoms with Gasteiger partial charge in [-0.2, -0.15) is 0 Å². The van der Waals surface area contributed by atoms with E-state index in [-0.39, 0.29) is 0 Å². The first-order chi connectivity index (χ1) is 5.36. The van der Waals surface area contributed by atoms with Gasteiger partial charge in [-0.1, -0.05) is 0 Å². The van der Waals surface area contributed by atoms with Gasteiger partial charge < -0.3 is 0 Å². The molecule has 2 nitrogen and oxygen atoms in total. The zero-order chi connectivity index (χ0) is 7.68. The van der Waals surface area contributed by atoms with Gasteiger partial charge in [0.1, 0.15) is 0 Å². The summed E-state index contributed by atoms with van der Waals surface area (Å²) in [4.78, 5) is 8.30. The monoisotopic (exact) mass is 143 g/mol. The van der Waals surface area contributed by atoms with Gasteiger partial charge in [0.05, 0.1) is 11.0 Å². The third-order valence-electron chi connectivity index (χ3n) is 1.51. The Hall–Kier alpha value is -1.44. The first-order valence-electron chi connectivity index (χ1n) is 3.39. The zero-order valence-electron chi connectivity index (χ0n) is 5.99. The average molecular weight is 143 g/mol. The first kappa shape index (κ1) is 6.28. The van der Waals surface area contributed by atoms with E-state index < -0.39 is 0 Å². The standard InChI is InChI=1S/C9H7N2/c1-7-5-9-8(11-6-7)3-2-4-10-9/h2-6H,1H2. The fraction of sp³-hybridized carbons (Fsp3) is 0. The van der Waals surface area contributed by atoms with Crippen molar-refractivity contribution in [3.63, 3.8) is 0 Å². The zero-order valence-corrected chi connectivity index (χ0v) is 5.99. The lowest BCUT2D eigenvalue weighted by Crippen LogP contribution is -1.82. The van der Waals surface area contributed by atoms with Crippen LogP contribution in [0.25, 0.3) is 11.0 Å². The van der Waals surface area contributed by atoms with E-state index in [4.69, 9.17) is 0 Å². The second-order valence-corrected chi connectivity index (χ2v) is 2.39. The van der Waals surface area contributed by atoms with Gasteiger partial charge in [-0.3, -0.25) is 9.97 Å². The van der Waals surface area contributed by atoms with Crippen molar-refractivity contribution in [2.45, 2.75) is 0 Å². The quantitative estimate of drug-likeness (QED) is 0.562. The molecule has 0 aliphatic rings. The first-order valence-corrected chi connectivity index (χ1v) is 3.39. The second kappa shape index (κ2) is 2.31. The molecular formula is C9H7N2. The molecule has 2 rings (SSSR count). The number of rotatable bonds is 0. The Labute approximate surface area is 64.9 Å². The van der Waals surface area contributed by atoms with Crippen molar-refractivity contribution in [2.75, 3.05) is 0 Å². The predicted octanol–water partition coefficient (Wildman–Crippen LogP) is 1.81. The second-order valence-electron chi connectivity index (χ2n) is 2.39. The van der Waals surface area contributed by atoms with Gasteiger partial charge in [-0.15, -0.1) is 0 Å². The number of hydrogen-bond donors (Lipinski definition) is 0. The van der Waals surface area contributed by atoms with E-state index in [2.05, 4.69) is 16.9 Å². The molecule has 2 heteroatoms. The molecule has 0 aliphatic carbocycles. The molecule has 0 aromatic carbocycles. The number of fused-ring (bicyclic) bond motifs is 1. The summed E-state index contributed by atoms with van der Waals surface area (Å²) in [5.41, 5.74) is 2.72. The number of pyridine rings is 2. The summed E-state index contributed by atoms with van der Waals surface area (Å²) >= 11 is 0. The third-order valence-corrected chi connectivity index (χ3v) is 1.51. The van der Waals surface area contributed by atoms with Crippen molar-refractivity contribution in [1.29, 1.82) is 0 Å². The highest BCUT2D eigenvalue weighted by Crippen LogP contribution is 2.08. The normalized spacial score (nSPS) is 10.3. The Morgan fingerprint density at radius 1 is 1.18 bits per heavy atom. The van der Waals surface area contributed by atoms with Crippen LogP contribution in [0, 0.1) is 6.92 Å². The van der Waals surface area contributed by atoms with Crippen LogP contribution in [0.1, 0.15) is 5.56 Å². The molecule has 0 bridgehead atoms. The van der Waals surface area contributed by atoms with E-state index in [1.54, 1.807) is 12.4 Å². The van der Waals surface area contributed by atoms with E-state index in [9.17, 15) is 0 Å². The molecule has 1 radical (unpaired) electrons. The Bertz CT molecular complexity index is 382. The summed E-state index contributed by atoms with van der Waals surface area (Å²) in [6, 6.07) is 5.72. The van der Waals surface area contributed by atoms with Crippen molar-refractivity contribution in [3.8, 4) is 0 Å². The maximum absolute atomic E-state index is 4.16. The average Bonchev–Trinajstić information content (AvgIpc) is 2.04. The van der Waals surface area contributed by atoms with Gasteiger partial charge >= 0.3 is 0 Å². The maximum atomic E-state index is 4.16. The van der Waals surface area contributed by atoms with Crippen molar-refractivity contribution in [3.05, 3.63) is 43.1 Å². The maximum Gasteiger partial charge on any atom is 0.0889 e. The molecule has 0 atom stereocenters.